The van der Waals surface area contributed by atoms with Gasteiger partial charge in [0.2, 0.25) is 0 Å². The minimum Gasteiger partial charge on any atom is -0.459 e. The molecule has 0 saturated heterocycles. The van der Waals surface area contributed by atoms with E-state index in [-0.39, 0.29) is 5.91 Å². The van der Waals surface area contributed by atoms with Gasteiger partial charge in [0.1, 0.15) is 0 Å². The molecule has 0 fully saturated rings. The topological polar surface area (TPSA) is 45.5 Å². The minimum atomic E-state index is -0.251. The highest BCUT2D eigenvalue weighted by molar-refractivity contribution is 6.31. The third-order valence-corrected chi connectivity index (χ3v) is 3.65. The van der Waals surface area contributed by atoms with Gasteiger partial charge in [-0.3, -0.25) is 4.79 Å². The number of carbonyl (C=O) groups is 1. The van der Waals surface area contributed by atoms with Gasteiger partial charge in [-0.15, -0.1) is 0 Å². The van der Waals surface area contributed by atoms with Crippen LogP contribution in [0.1, 0.15) is 27.2 Å². The number of carbonyl (C=O) groups excluding carboxylic acids is 1. The monoisotopic (exact) mass is 306 g/mol. The molecule has 21 heavy (non-hydrogen) atoms. The summed E-state index contributed by atoms with van der Waals surface area (Å²) in [5, 5.41) is 3.53. The maximum absolute atomic E-state index is 12.2. The first-order chi connectivity index (χ1) is 9.88. The van der Waals surface area contributed by atoms with Crippen LogP contribution in [-0.4, -0.2) is 24.9 Å². The van der Waals surface area contributed by atoms with Crippen LogP contribution in [-0.2, 0) is 6.54 Å². The summed E-state index contributed by atoms with van der Waals surface area (Å²) in [6.07, 6.45) is 1.59. The van der Waals surface area contributed by atoms with Crippen molar-refractivity contribution in [2.24, 2.45) is 0 Å². The van der Waals surface area contributed by atoms with E-state index in [9.17, 15) is 4.79 Å². The Kier molecular flexibility index (Phi) is 4.70. The smallest absolute Gasteiger partial charge is 0.291 e. The first-order valence-electron chi connectivity index (χ1n) is 6.67. The Hall–Kier alpha value is -1.78. The molecule has 1 amide bonds. The van der Waals surface area contributed by atoms with E-state index in [4.69, 9.17) is 16.0 Å². The lowest BCUT2D eigenvalue weighted by molar-refractivity contribution is 0.0996. The fraction of sp³-hybridized carbons (Fsp3) is 0.312. The largest absolute Gasteiger partial charge is 0.459 e. The molecule has 0 aliphatic carbocycles. The van der Waals surface area contributed by atoms with Crippen LogP contribution >= 0.6 is 11.6 Å². The maximum Gasteiger partial charge on any atom is 0.291 e. The Bertz CT molecular complexity index is 662. The van der Waals surface area contributed by atoms with E-state index < -0.39 is 0 Å². The average Bonchev–Trinajstić information content (AvgIpc) is 2.73. The third kappa shape index (κ3) is 3.65. The van der Waals surface area contributed by atoms with Gasteiger partial charge in [-0.05, 0) is 57.3 Å². The van der Waals surface area contributed by atoms with E-state index in [0.717, 1.165) is 16.7 Å². The van der Waals surface area contributed by atoms with E-state index in [1.54, 1.807) is 18.4 Å². The summed E-state index contributed by atoms with van der Waals surface area (Å²) in [5.41, 5.74) is 3.49. The summed E-state index contributed by atoms with van der Waals surface area (Å²) in [6.45, 7) is 4.49. The highest BCUT2D eigenvalue weighted by Crippen LogP contribution is 2.23. The molecule has 0 aliphatic heterocycles. The number of rotatable bonds is 4. The quantitative estimate of drug-likeness (QED) is 0.933. The number of halogens is 1. The lowest BCUT2D eigenvalue weighted by Crippen LogP contribution is -2.14. The molecule has 0 atom stereocenters. The molecule has 1 aromatic heterocycles. The van der Waals surface area contributed by atoms with Crippen LogP contribution in [0.3, 0.4) is 0 Å². The van der Waals surface area contributed by atoms with Crippen molar-refractivity contribution < 1.29 is 9.21 Å². The van der Waals surface area contributed by atoms with Crippen molar-refractivity contribution in [3.05, 3.63) is 51.9 Å². The highest BCUT2D eigenvalue weighted by atomic mass is 35.5. The molecule has 0 aliphatic rings. The molecule has 1 aromatic carbocycles. The summed E-state index contributed by atoms with van der Waals surface area (Å²) in [6, 6.07) is 5.45. The van der Waals surface area contributed by atoms with Crippen LogP contribution < -0.4 is 5.32 Å². The van der Waals surface area contributed by atoms with E-state index in [0.29, 0.717) is 23.0 Å². The third-order valence-electron chi connectivity index (χ3n) is 3.28. The number of aryl methyl sites for hydroxylation is 1. The summed E-state index contributed by atoms with van der Waals surface area (Å²) >= 11 is 6.16. The number of hydrogen-bond donors (Lipinski definition) is 1. The van der Waals surface area contributed by atoms with Crippen LogP contribution in [0.15, 0.2) is 28.9 Å². The molecule has 2 aromatic rings. The number of nitrogens with one attached hydrogen (secondary N) is 1. The molecule has 1 heterocycles. The van der Waals surface area contributed by atoms with Gasteiger partial charge in [0, 0.05) is 22.8 Å². The zero-order valence-corrected chi connectivity index (χ0v) is 13.4. The molecular formula is C16H19ClN2O2. The molecule has 5 heteroatoms. The minimum absolute atomic E-state index is 0.251. The van der Waals surface area contributed by atoms with Crippen LogP contribution in [0.5, 0.6) is 0 Å². The molecular weight excluding hydrogens is 288 g/mol. The molecule has 0 radical (unpaired) electrons. The van der Waals surface area contributed by atoms with Gasteiger partial charge < -0.3 is 14.6 Å². The molecule has 0 spiro atoms. The van der Waals surface area contributed by atoms with Crippen LogP contribution in [0.4, 0.5) is 5.69 Å². The number of benzene rings is 1. The molecule has 0 bridgehead atoms. The average molecular weight is 307 g/mol. The molecule has 112 valence electrons. The number of furan rings is 1. The molecule has 0 saturated carbocycles. The number of nitrogens with zero attached hydrogens (tertiary/aromatic N) is 1. The van der Waals surface area contributed by atoms with Crippen molar-refractivity contribution in [3.63, 3.8) is 0 Å². The van der Waals surface area contributed by atoms with Crippen molar-refractivity contribution in [2.75, 3.05) is 19.4 Å². The second-order valence-corrected chi connectivity index (χ2v) is 5.78. The van der Waals surface area contributed by atoms with Crippen molar-refractivity contribution in [1.82, 2.24) is 4.90 Å². The molecule has 4 nitrogen and oxygen atoms in total. The predicted molar refractivity (Wildman–Crippen MR) is 85.0 cm³/mol. The van der Waals surface area contributed by atoms with E-state index in [1.165, 1.54) is 0 Å². The fourth-order valence-electron chi connectivity index (χ4n) is 2.03. The van der Waals surface area contributed by atoms with E-state index in [1.807, 2.05) is 38.9 Å². The number of amides is 1. The van der Waals surface area contributed by atoms with Gasteiger partial charge in [0.15, 0.2) is 5.76 Å². The number of hydrogen-bond acceptors (Lipinski definition) is 3. The SMILES string of the molecule is Cc1coc(C(=O)Nc2ccc(Cl)c(CN(C)C)c2)c1C. The lowest BCUT2D eigenvalue weighted by Gasteiger charge is -2.13. The van der Waals surface area contributed by atoms with Crippen molar-refractivity contribution in [1.29, 1.82) is 0 Å². The van der Waals surface area contributed by atoms with Gasteiger partial charge in [-0.1, -0.05) is 11.6 Å². The Morgan fingerprint density at radius 1 is 1.33 bits per heavy atom. The summed E-state index contributed by atoms with van der Waals surface area (Å²) in [4.78, 5) is 14.2. The molecule has 1 N–H and O–H groups in total. The van der Waals surface area contributed by atoms with Crippen molar-refractivity contribution in [2.45, 2.75) is 20.4 Å². The second kappa shape index (κ2) is 6.33. The fourth-order valence-corrected chi connectivity index (χ4v) is 2.21. The zero-order chi connectivity index (χ0) is 15.6. The lowest BCUT2D eigenvalue weighted by atomic mass is 10.1. The van der Waals surface area contributed by atoms with Crippen LogP contribution in [0.2, 0.25) is 5.02 Å². The Balaban J connectivity index is 2.20. The van der Waals surface area contributed by atoms with E-state index >= 15 is 0 Å². The van der Waals surface area contributed by atoms with E-state index in [2.05, 4.69) is 5.32 Å². The first kappa shape index (κ1) is 15.6. The molecule has 0 unspecified atom stereocenters. The van der Waals surface area contributed by atoms with Gasteiger partial charge in [0.05, 0.1) is 6.26 Å². The predicted octanol–water partition coefficient (Wildman–Crippen LogP) is 3.86. The summed E-state index contributed by atoms with van der Waals surface area (Å²) in [7, 11) is 3.94. The van der Waals surface area contributed by atoms with Crippen LogP contribution in [0, 0.1) is 13.8 Å². The normalized spacial score (nSPS) is 11.0. The van der Waals surface area contributed by atoms with Crippen molar-refractivity contribution >= 4 is 23.2 Å². The maximum atomic E-state index is 12.2. The van der Waals surface area contributed by atoms with Gasteiger partial charge >= 0.3 is 0 Å². The Morgan fingerprint density at radius 3 is 2.62 bits per heavy atom. The van der Waals surface area contributed by atoms with Gasteiger partial charge in [0.25, 0.3) is 5.91 Å². The Morgan fingerprint density at radius 2 is 2.05 bits per heavy atom. The van der Waals surface area contributed by atoms with Gasteiger partial charge in [-0.2, -0.15) is 0 Å². The van der Waals surface area contributed by atoms with Crippen LogP contribution in [0.25, 0.3) is 0 Å². The zero-order valence-electron chi connectivity index (χ0n) is 12.7. The molecule has 2 rings (SSSR count). The summed E-state index contributed by atoms with van der Waals surface area (Å²) in [5.74, 6) is 0.0929. The summed E-state index contributed by atoms with van der Waals surface area (Å²) < 4.78 is 5.30. The standard InChI is InChI=1S/C16H19ClN2O2/c1-10-9-21-15(11(10)2)16(20)18-13-5-6-14(17)12(7-13)8-19(3)4/h5-7,9H,8H2,1-4H3,(H,18,20). The Labute approximate surface area is 129 Å². The highest BCUT2D eigenvalue weighted by Gasteiger charge is 2.15. The van der Waals surface area contributed by atoms with Crippen molar-refractivity contribution in [3.8, 4) is 0 Å². The number of anilines is 1. The first-order valence-corrected chi connectivity index (χ1v) is 7.05. The second-order valence-electron chi connectivity index (χ2n) is 5.37. The van der Waals surface area contributed by atoms with Gasteiger partial charge in [-0.25, -0.2) is 0 Å².